The highest BCUT2D eigenvalue weighted by atomic mass is 32.2. The summed E-state index contributed by atoms with van der Waals surface area (Å²) in [4.78, 5) is 10.7. The van der Waals surface area contributed by atoms with E-state index in [-0.39, 0.29) is 16.8 Å². The summed E-state index contributed by atoms with van der Waals surface area (Å²) < 4.78 is 30.8. The molecule has 0 spiro atoms. The van der Waals surface area contributed by atoms with Gasteiger partial charge in [0.25, 0.3) is 10.0 Å². The van der Waals surface area contributed by atoms with E-state index in [0.717, 1.165) is 12.5 Å². The first-order valence-corrected chi connectivity index (χ1v) is 7.60. The van der Waals surface area contributed by atoms with Crippen molar-refractivity contribution in [3.8, 4) is 0 Å². The molecule has 1 heterocycles. The van der Waals surface area contributed by atoms with Crippen molar-refractivity contribution in [2.24, 2.45) is 5.92 Å². The first-order valence-electron chi connectivity index (χ1n) is 6.16. The van der Waals surface area contributed by atoms with Gasteiger partial charge in [-0.25, -0.2) is 13.2 Å². The van der Waals surface area contributed by atoms with Crippen LogP contribution in [0.15, 0.2) is 21.6 Å². The molecule has 6 nitrogen and oxygen atoms in total. The maximum Gasteiger partial charge on any atom is 0.371 e. The highest BCUT2D eigenvalue weighted by Crippen LogP contribution is 2.20. The van der Waals surface area contributed by atoms with Crippen molar-refractivity contribution in [1.82, 2.24) is 4.31 Å². The van der Waals surface area contributed by atoms with Crippen LogP contribution < -0.4 is 0 Å². The van der Waals surface area contributed by atoms with Gasteiger partial charge in [-0.2, -0.15) is 4.31 Å². The van der Waals surface area contributed by atoms with E-state index in [4.69, 9.17) is 9.52 Å². The minimum atomic E-state index is -3.77. The van der Waals surface area contributed by atoms with Gasteiger partial charge in [-0.3, -0.25) is 0 Å². The van der Waals surface area contributed by atoms with Gasteiger partial charge in [0, 0.05) is 13.1 Å². The van der Waals surface area contributed by atoms with Crippen molar-refractivity contribution in [2.75, 3.05) is 13.1 Å². The summed E-state index contributed by atoms with van der Waals surface area (Å²) in [6, 6.07) is 2.32. The first-order chi connectivity index (χ1) is 8.82. The second-order valence-electron chi connectivity index (χ2n) is 4.39. The van der Waals surface area contributed by atoms with Crippen molar-refractivity contribution in [1.29, 1.82) is 0 Å². The number of nitrogens with zero attached hydrogens (tertiary/aromatic N) is 1. The van der Waals surface area contributed by atoms with Crippen LogP contribution >= 0.6 is 0 Å². The molecule has 108 valence electrons. The topological polar surface area (TPSA) is 87.8 Å². The highest BCUT2D eigenvalue weighted by molar-refractivity contribution is 7.89. The lowest BCUT2D eigenvalue weighted by Gasteiger charge is -2.22. The third kappa shape index (κ3) is 3.57. The molecule has 0 bridgehead atoms. The number of carboxylic acid groups (broad SMARTS) is 1. The van der Waals surface area contributed by atoms with E-state index >= 15 is 0 Å². The molecule has 0 saturated heterocycles. The molecule has 0 radical (unpaired) electrons. The Morgan fingerprint density at radius 1 is 1.42 bits per heavy atom. The van der Waals surface area contributed by atoms with Crippen molar-refractivity contribution in [2.45, 2.75) is 32.3 Å². The zero-order valence-electron chi connectivity index (χ0n) is 11.3. The summed E-state index contributed by atoms with van der Waals surface area (Å²) >= 11 is 0. The molecule has 0 aliphatic carbocycles. The number of furan rings is 1. The average molecular weight is 289 g/mol. The Kier molecular flexibility index (Phi) is 5.13. The third-order valence-electron chi connectivity index (χ3n) is 2.95. The van der Waals surface area contributed by atoms with Crippen molar-refractivity contribution < 1.29 is 22.7 Å². The smallest absolute Gasteiger partial charge is 0.371 e. The second kappa shape index (κ2) is 6.21. The molecule has 1 unspecified atom stereocenters. The predicted octanol–water partition coefficient (Wildman–Crippen LogP) is 2.03. The number of carbonyl (C=O) groups is 1. The van der Waals surface area contributed by atoms with Gasteiger partial charge in [0.2, 0.25) is 10.9 Å². The van der Waals surface area contributed by atoms with Gasteiger partial charge in [-0.15, -0.1) is 0 Å². The summed E-state index contributed by atoms with van der Waals surface area (Å²) in [5.74, 6) is -1.44. The Balaban J connectivity index is 3.02. The minimum Gasteiger partial charge on any atom is -0.475 e. The van der Waals surface area contributed by atoms with E-state index < -0.39 is 16.0 Å². The van der Waals surface area contributed by atoms with Crippen LogP contribution in [0.1, 0.15) is 37.7 Å². The molecule has 1 aromatic rings. The molecule has 7 heteroatoms. The first kappa shape index (κ1) is 15.7. The number of rotatable bonds is 7. The van der Waals surface area contributed by atoms with Crippen LogP contribution in [0.3, 0.4) is 0 Å². The molecular weight excluding hydrogens is 270 g/mol. The fourth-order valence-corrected chi connectivity index (χ4v) is 3.06. The molecule has 1 atom stereocenters. The quantitative estimate of drug-likeness (QED) is 0.829. The molecule has 1 rings (SSSR count). The van der Waals surface area contributed by atoms with E-state index in [1.54, 1.807) is 6.92 Å². The largest absolute Gasteiger partial charge is 0.475 e. The van der Waals surface area contributed by atoms with Crippen LogP contribution in [0.5, 0.6) is 0 Å². The Morgan fingerprint density at radius 2 is 2.05 bits per heavy atom. The molecule has 1 aromatic heterocycles. The Hall–Kier alpha value is -1.34. The van der Waals surface area contributed by atoms with Gasteiger partial charge in [0.15, 0.2) is 0 Å². The normalized spacial score (nSPS) is 13.7. The number of hydrogen-bond acceptors (Lipinski definition) is 4. The van der Waals surface area contributed by atoms with Gasteiger partial charge < -0.3 is 9.52 Å². The lowest BCUT2D eigenvalue weighted by Crippen LogP contribution is -2.34. The lowest BCUT2D eigenvalue weighted by atomic mass is 10.1. The van der Waals surface area contributed by atoms with Gasteiger partial charge in [0.05, 0.1) is 0 Å². The molecule has 0 aromatic carbocycles. The zero-order chi connectivity index (χ0) is 14.6. The Bertz CT molecular complexity index is 534. The van der Waals surface area contributed by atoms with Gasteiger partial charge in [-0.1, -0.05) is 27.2 Å². The predicted molar refractivity (Wildman–Crippen MR) is 69.6 cm³/mol. The number of carboxylic acids is 1. The molecule has 1 N–H and O–H groups in total. The minimum absolute atomic E-state index is 0.226. The van der Waals surface area contributed by atoms with E-state index in [1.807, 2.05) is 13.8 Å². The van der Waals surface area contributed by atoms with Gasteiger partial charge in [0.1, 0.15) is 0 Å². The van der Waals surface area contributed by atoms with Crippen LogP contribution in [0, 0.1) is 5.92 Å². The van der Waals surface area contributed by atoms with E-state index in [9.17, 15) is 13.2 Å². The van der Waals surface area contributed by atoms with Crippen molar-refractivity contribution >= 4 is 16.0 Å². The maximum absolute atomic E-state index is 12.3. The van der Waals surface area contributed by atoms with E-state index in [0.29, 0.717) is 13.1 Å². The van der Waals surface area contributed by atoms with Gasteiger partial charge in [-0.05, 0) is 18.1 Å². The summed E-state index contributed by atoms with van der Waals surface area (Å²) in [7, 11) is -3.77. The summed E-state index contributed by atoms with van der Waals surface area (Å²) in [6.45, 7) is 6.39. The number of sulfonamides is 1. The molecular formula is C12H19NO5S. The molecule has 0 aliphatic rings. The van der Waals surface area contributed by atoms with Crippen molar-refractivity contribution in [3.05, 3.63) is 17.9 Å². The van der Waals surface area contributed by atoms with Crippen LogP contribution in [0.25, 0.3) is 0 Å². The zero-order valence-corrected chi connectivity index (χ0v) is 12.1. The Labute approximate surface area is 113 Å². The second-order valence-corrected chi connectivity index (χ2v) is 6.26. The van der Waals surface area contributed by atoms with E-state index in [1.165, 1.54) is 10.4 Å². The maximum atomic E-state index is 12.3. The van der Waals surface area contributed by atoms with Crippen LogP contribution in [0.4, 0.5) is 0 Å². The number of aromatic carboxylic acids is 1. The molecule has 19 heavy (non-hydrogen) atoms. The highest BCUT2D eigenvalue weighted by Gasteiger charge is 2.28. The summed E-state index contributed by atoms with van der Waals surface area (Å²) in [5, 5.41) is 8.42. The van der Waals surface area contributed by atoms with Crippen molar-refractivity contribution in [3.63, 3.8) is 0 Å². The van der Waals surface area contributed by atoms with Crippen LogP contribution in [-0.4, -0.2) is 36.9 Å². The standard InChI is InChI=1S/C12H19NO5S/c1-4-9(3)8-13(5-2)19(16,17)11-7-6-10(18-11)12(14)15/h6-7,9H,4-5,8H2,1-3H3,(H,14,15). The summed E-state index contributed by atoms with van der Waals surface area (Å²) in [6.07, 6.45) is 0.866. The number of hydrogen-bond donors (Lipinski definition) is 1. The molecule has 0 aliphatic heterocycles. The van der Waals surface area contributed by atoms with E-state index in [2.05, 4.69) is 0 Å². The molecule has 0 amide bonds. The molecule has 0 fully saturated rings. The summed E-state index contributed by atoms with van der Waals surface area (Å²) in [5.41, 5.74) is 0. The third-order valence-corrected chi connectivity index (χ3v) is 4.77. The average Bonchev–Trinajstić information content (AvgIpc) is 2.85. The van der Waals surface area contributed by atoms with Crippen LogP contribution in [-0.2, 0) is 10.0 Å². The fraction of sp³-hybridized carbons (Fsp3) is 0.583. The monoisotopic (exact) mass is 289 g/mol. The molecule has 0 saturated carbocycles. The SMILES string of the molecule is CCC(C)CN(CC)S(=O)(=O)c1ccc(C(=O)O)o1. The Morgan fingerprint density at radius 3 is 2.47 bits per heavy atom. The fourth-order valence-electron chi connectivity index (χ4n) is 1.57. The van der Waals surface area contributed by atoms with Crippen LogP contribution in [0.2, 0.25) is 0 Å². The van der Waals surface area contributed by atoms with Gasteiger partial charge >= 0.3 is 5.97 Å². The lowest BCUT2D eigenvalue weighted by molar-refractivity contribution is 0.0656.